The summed E-state index contributed by atoms with van der Waals surface area (Å²) in [5.74, 6) is 0. The summed E-state index contributed by atoms with van der Waals surface area (Å²) < 4.78 is 0. The van der Waals surface area contributed by atoms with Gasteiger partial charge in [0.2, 0.25) is 0 Å². The number of nitrogen functional groups attached to an aromatic ring is 1. The molecule has 0 saturated carbocycles. The lowest BCUT2D eigenvalue weighted by atomic mass is 10.3. The molecule has 0 aliphatic rings. The van der Waals surface area contributed by atoms with Crippen LogP contribution in [0.2, 0.25) is 0 Å². The highest BCUT2D eigenvalue weighted by atomic mass is 14.9. The van der Waals surface area contributed by atoms with Crippen LogP contribution in [0.5, 0.6) is 0 Å². The average molecular weight is 147 g/mol. The first-order valence-corrected chi connectivity index (χ1v) is 3.48. The molecule has 0 unspecified atom stereocenters. The Morgan fingerprint density at radius 1 is 1.55 bits per heavy atom. The molecule has 3 heteroatoms. The Hall–Kier alpha value is -1.51. The lowest BCUT2D eigenvalue weighted by molar-refractivity contribution is 1.25. The van der Waals surface area contributed by atoms with E-state index < -0.39 is 0 Å². The standard InChI is InChI=1S/C8H9N3/c1-5-7(9)6-3-2-4-10-8(6)11-5/h2-4H,9H2,1H3,(H,10,11). The molecule has 3 N–H and O–H groups in total. The van der Waals surface area contributed by atoms with Crippen molar-refractivity contribution in [3.63, 3.8) is 0 Å². The minimum absolute atomic E-state index is 0.799. The Morgan fingerprint density at radius 2 is 2.36 bits per heavy atom. The summed E-state index contributed by atoms with van der Waals surface area (Å²) in [4.78, 5) is 7.22. The van der Waals surface area contributed by atoms with E-state index >= 15 is 0 Å². The zero-order chi connectivity index (χ0) is 7.84. The molecule has 0 atom stereocenters. The highest BCUT2D eigenvalue weighted by molar-refractivity contribution is 5.90. The Balaban J connectivity index is 2.92. The van der Waals surface area contributed by atoms with Crippen LogP contribution >= 0.6 is 0 Å². The zero-order valence-electron chi connectivity index (χ0n) is 6.26. The van der Waals surface area contributed by atoms with Crippen LogP contribution in [0.4, 0.5) is 5.69 Å². The van der Waals surface area contributed by atoms with E-state index in [1.807, 2.05) is 19.1 Å². The normalized spacial score (nSPS) is 10.6. The summed E-state index contributed by atoms with van der Waals surface area (Å²) in [6.45, 7) is 1.94. The van der Waals surface area contributed by atoms with E-state index in [4.69, 9.17) is 5.73 Å². The molecule has 0 radical (unpaired) electrons. The Labute approximate surface area is 64.2 Å². The van der Waals surface area contributed by atoms with Gasteiger partial charge in [0.1, 0.15) is 5.65 Å². The quantitative estimate of drug-likeness (QED) is 0.592. The Kier molecular flexibility index (Phi) is 1.12. The van der Waals surface area contributed by atoms with Gasteiger partial charge >= 0.3 is 0 Å². The molecule has 0 saturated heterocycles. The number of aromatic nitrogens is 2. The fraction of sp³-hybridized carbons (Fsp3) is 0.125. The van der Waals surface area contributed by atoms with E-state index in [-0.39, 0.29) is 0 Å². The largest absolute Gasteiger partial charge is 0.397 e. The predicted molar refractivity (Wildman–Crippen MR) is 45.2 cm³/mol. The van der Waals surface area contributed by atoms with Gasteiger partial charge in [-0.05, 0) is 19.1 Å². The summed E-state index contributed by atoms with van der Waals surface area (Å²) in [6.07, 6.45) is 1.75. The number of H-pyrrole nitrogens is 1. The molecule has 0 amide bonds. The third kappa shape index (κ3) is 0.774. The molecule has 0 bridgehead atoms. The van der Waals surface area contributed by atoms with Crippen LogP contribution in [0, 0.1) is 6.92 Å². The first kappa shape index (κ1) is 6.22. The fourth-order valence-electron chi connectivity index (χ4n) is 1.17. The van der Waals surface area contributed by atoms with Crippen molar-refractivity contribution in [1.82, 2.24) is 9.97 Å². The van der Waals surface area contributed by atoms with Gasteiger partial charge in [0, 0.05) is 17.3 Å². The van der Waals surface area contributed by atoms with Crippen LogP contribution in [0.25, 0.3) is 11.0 Å². The second-order valence-electron chi connectivity index (χ2n) is 2.56. The number of aryl methyl sites for hydroxylation is 1. The van der Waals surface area contributed by atoms with Crippen molar-refractivity contribution in [3.05, 3.63) is 24.0 Å². The molecule has 2 rings (SSSR count). The molecule has 0 aliphatic carbocycles. The van der Waals surface area contributed by atoms with Gasteiger partial charge in [-0.3, -0.25) is 0 Å². The number of hydrogen-bond donors (Lipinski definition) is 2. The van der Waals surface area contributed by atoms with Crippen LogP contribution in [0.1, 0.15) is 5.69 Å². The fourth-order valence-corrected chi connectivity index (χ4v) is 1.17. The molecule has 0 aliphatic heterocycles. The summed E-state index contributed by atoms with van der Waals surface area (Å²) in [5, 5.41) is 1.00. The third-order valence-corrected chi connectivity index (χ3v) is 1.81. The van der Waals surface area contributed by atoms with Gasteiger partial charge in [-0.1, -0.05) is 0 Å². The smallest absolute Gasteiger partial charge is 0.139 e. The van der Waals surface area contributed by atoms with Crippen LogP contribution in [0.15, 0.2) is 18.3 Å². The van der Waals surface area contributed by atoms with Crippen molar-refractivity contribution in [2.75, 3.05) is 5.73 Å². The first-order chi connectivity index (χ1) is 5.29. The molecule has 0 aromatic carbocycles. The summed E-state index contributed by atoms with van der Waals surface area (Å²) in [5.41, 5.74) is 8.41. The van der Waals surface area contributed by atoms with Gasteiger partial charge < -0.3 is 10.7 Å². The predicted octanol–water partition coefficient (Wildman–Crippen LogP) is 1.45. The first-order valence-electron chi connectivity index (χ1n) is 3.48. The molecular weight excluding hydrogens is 138 g/mol. The minimum Gasteiger partial charge on any atom is -0.397 e. The van der Waals surface area contributed by atoms with Crippen molar-refractivity contribution in [2.24, 2.45) is 0 Å². The van der Waals surface area contributed by atoms with Crippen LogP contribution in [-0.4, -0.2) is 9.97 Å². The van der Waals surface area contributed by atoms with E-state index in [1.54, 1.807) is 6.20 Å². The second-order valence-corrected chi connectivity index (χ2v) is 2.56. The van der Waals surface area contributed by atoms with Crippen LogP contribution < -0.4 is 5.73 Å². The molecular formula is C8H9N3. The van der Waals surface area contributed by atoms with E-state index in [1.165, 1.54) is 0 Å². The lowest BCUT2D eigenvalue weighted by Gasteiger charge is -1.87. The topological polar surface area (TPSA) is 54.7 Å². The monoisotopic (exact) mass is 147 g/mol. The van der Waals surface area contributed by atoms with Crippen LogP contribution in [0.3, 0.4) is 0 Å². The average Bonchev–Trinajstić information content (AvgIpc) is 2.30. The van der Waals surface area contributed by atoms with Crippen molar-refractivity contribution in [1.29, 1.82) is 0 Å². The third-order valence-electron chi connectivity index (χ3n) is 1.81. The number of anilines is 1. The number of fused-ring (bicyclic) bond motifs is 1. The van der Waals surface area contributed by atoms with E-state index in [0.29, 0.717) is 0 Å². The van der Waals surface area contributed by atoms with E-state index in [2.05, 4.69) is 9.97 Å². The molecule has 3 nitrogen and oxygen atoms in total. The van der Waals surface area contributed by atoms with Gasteiger partial charge in [-0.15, -0.1) is 0 Å². The number of rotatable bonds is 0. The van der Waals surface area contributed by atoms with Crippen LogP contribution in [-0.2, 0) is 0 Å². The second kappa shape index (κ2) is 1.99. The number of nitrogens with one attached hydrogen (secondary N) is 1. The highest BCUT2D eigenvalue weighted by Crippen LogP contribution is 2.21. The maximum atomic E-state index is 5.77. The van der Waals surface area contributed by atoms with Crippen molar-refractivity contribution >= 4 is 16.7 Å². The highest BCUT2D eigenvalue weighted by Gasteiger charge is 2.02. The van der Waals surface area contributed by atoms with Gasteiger partial charge in [0.25, 0.3) is 0 Å². The lowest BCUT2D eigenvalue weighted by Crippen LogP contribution is -1.83. The van der Waals surface area contributed by atoms with Gasteiger partial charge in [-0.25, -0.2) is 4.98 Å². The van der Waals surface area contributed by atoms with Gasteiger partial charge in [-0.2, -0.15) is 0 Å². The van der Waals surface area contributed by atoms with Crippen molar-refractivity contribution in [3.8, 4) is 0 Å². The maximum absolute atomic E-state index is 5.77. The Morgan fingerprint density at radius 3 is 3.09 bits per heavy atom. The molecule has 56 valence electrons. The van der Waals surface area contributed by atoms with Gasteiger partial charge in [0.15, 0.2) is 0 Å². The number of pyridine rings is 1. The molecule has 2 heterocycles. The number of hydrogen-bond acceptors (Lipinski definition) is 2. The van der Waals surface area contributed by atoms with E-state index in [9.17, 15) is 0 Å². The van der Waals surface area contributed by atoms with Gasteiger partial charge in [0.05, 0.1) is 5.69 Å². The minimum atomic E-state index is 0.799. The van der Waals surface area contributed by atoms with Crippen molar-refractivity contribution in [2.45, 2.75) is 6.92 Å². The number of nitrogens with zero attached hydrogens (tertiary/aromatic N) is 1. The SMILES string of the molecule is Cc1[nH]c2ncccc2c1N. The zero-order valence-corrected chi connectivity index (χ0v) is 6.26. The molecule has 2 aromatic rings. The Bertz CT molecular complexity index is 389. The molecule has 2 aromatic heterocycles. The number of nitrogens with two attached hydrogens (primary N) is 1. The van der Waals surface area contributed by atoms with Crippen molar-refractivity contribution < 1.29 is 0 Å². The summed E-state index contributed by atoms with van der Waals surface area (Å²) >= 11 is 0. The maximum Gasteiger partial charge on any atom is 0.139 e. The summed E-state index contributed by atoms with van der Waals surface area (Å²) in [6, 6.07) is 3.84. The number of aromatic amines is 1. The molecule has 0 spiro atoms. The van der Waals surface area contributed by atoms with E-state index in [0.717, 1.165) is 22.4 Å². The molecule has 11 heavy (non-hydrogen) atoms. The molecule has 0 fully saturated rings. The summed E-state index contributed by atoms with van der Waals surface area (Å²) in [7, 11) is 0.